The molecule has 7 nitrogen and oxygen atoms in total. The quantitative estimate of drug-likeness (QED) is 0.165. The van der Waals surface area contributed by atoms with Crippen molar-refractivity contribution in [3.8, 4) is 5.75 Å². The molecule has 0 radical (unpaired) electrons. The summed E-state index contributed by atoms with van der Waals surface area (Å²) in [4.78, 5) is 16.5. The van der Waals surface area contributed by atoms with Crippen molar-refractivity contribution >= 4 is 35.8 Å². The molecule has 2 rings (SSSR count). The van der Waals surface area contributed by atoms with Crippen molar-refractivity contribution in [3.05, 3.63) is 29.8 Å². The van der Waals surface area contributed by atoms with Gasteiger partial charge >= 0.3 is 0 Å². The Morgan fingerprint density at radius 3 is 2.56 bits per heavy atom. The maximum Gasteiger partial charge on any atom is 0.251 e. The Morgan fingerprint density at radius 2 is 1.89 bits per heavy atom. The van der Waals surface area contributed by atoms with E-state index in [-0.39, 0.29) is 35.6 Å². The van der Waals surface area contributed by atoms with E-state index in [2.05, 4.69) is 20.9 Å². The number of halogens is 1. The predicted octanol–water partition coefficient (Wildman–Crippen LogP) is 2.11. The lowest BCUT2D eigenvalue weighted by Gasteiger charge is -2.12. The van der Waals surface area contributed by atoms with Crippen molar-refractivity contribution in [3.63, 3.8) is 0 Å². The topological polar surface area (TPSA) is 95.0 Å². The molecule has 0 heterocycles. The van der Waals surface area contributed by atoms with Gasteiger partial charge in [-0.3, -0.25) is 9.79 Å². The van der Waals surface area contributed by atoms with Gasteiger partial charge in [0.15, 0.2) is 5.96 Å². The predicted molar refractivity (Wildman–Crippen MR) is 118 cm³/mol. The van der Waals surface area contributed by atoms with Crippen LogP contribution >= 0.6 is 24.0 Å². The number of aliphatic imine (C=N–C) groups is 1. The zero-order chi connectivity index (χ0) is 18.6. The minimum absolute atomic E-state index is 0. The van der Waals surface area contributed by atoms with E-state index in [4.69, 9.17) is 4.74 Å². The molecule has 0 aliphatic heterocycles. The number of ether oxygens (including phenoxy) is 1. The molecular formula is C19H31IN4O3. The number of carbonyl (C=O) groups excluding carboxylic acids is 1. The third kappa shape index (κ3) is 10.4. The Bertz CT molecular complexity index is 577. The van der Waals surface area contributed by atoms with Crippen molar-refractivity contribution in [2.45, 2.75) is 26.2 Å². The van der Waals surface area contributed by atoms with E-state index >= 15 is 0 Å². The van der Waals surface area contributed by atoms with Gasteiger partial charge in [-0.25, -0.2) is 0 Å². The summed E-state index contributed by atoms with van der Waals surface area (Å²) in [6.07, 6.45) is 3.53. The van der Waals surface area contributed by atoms with Gasteiger partial charge in [0.2, 0.25) is 0 Å². The minimum atomic E-state index is -0.165. The average Bonchev–Trinajstić information content (AvgIpc) is 3.46. The number of aromatic hydroxyl groups is 1. The molecule has 0 bridgehead atoms. The molecule has 1 fully saturated rings. The Hall–Kier alpha value is -1.55. The van der Waals surface area contributed by atoms with E-state index in [9.17, 15) is 9.90 Å². The summed E-state index contributed by atoms with van der Waals surface area (Å²) in [5, 5.41) is 18.5. The number of hydrogen-bond acceptors (Lipinski definition) is 4. The fraction of sp³-hybridized carbons (Fsp3) is 0.579. The van der Waals surface area contributed by atoms with E-state index in [1.54, 1.807) is 12.1 Å². The van der Waals surface area contributed by atoms with Gasteiger partial charge in [-0.15, -0.1) is 24.0 Å². The SMILES string of the molecule is CCNC(=NCCCOCC1CC1)NCCNC(=O)c1ccc(O)cc1.I. The number of amides is 1. The Morgan fingerprint density at radius 1 is 1.19 bits per heavy atom. The first-order valence-corrected chi connectivity index (χ1v) is 9.36. The Kier molecular flexibility index (Phi) is 11.8. The first kappa shape index (κ1) is 23.5. The summed E-state index contributed by atoms with van der Waals surface area (Å²) in [5.41, 5.74) is 0.523. The van der Waals surface area contributed by atoms with E-state index in [1.807, 2.05) is 6.92 Å². The molecule has 8 heteroatoms. The number of carbonyl (C=O) groups is 1. The molecule has 0 unspecified atom stereocenters. The molecule has 0 spiro atoms. The van der Waals surface area contributed by atoms with Crippen LogP contribution in [-0.2, 0) is 4.74 Å². The van der Waals surface area contributed by atoms with Gasteiger partial charge in [-0.2, -0.15) is 0 Å². The number of rotatable bonds is 11. The van der Waals surface area contributed by atoms with Crippen LogP contribution < -0.4 is 16.0 Å². The van der Waals surface area contributed by atoms with Crippen LogP contribution in [0.3, 0.4) is 0 Å². The van der Waals surface area contributed by atoms with Crippen LogP contribution in [0.2, 0.25) is 0 Å². The summed E-state index contributed by atoms with van der Waals surface area (Å²) < 4.78 is 5.60. The summed E-state index contributed by atoms with van der Waals surface area (Å²) in [7, 11) is 0. The van der Waals surface area contributed by atoms with Crippen LogP contribution in [0, 0.1) is 5.92 Å². The summed E-state index contributed by atoms with van der Waals surface area (Å²) >= 11 is 0. The molecule has 1 aliphatic carbocycles. The number of hydrogen-bond donors (Lipinski definition) is 4. The number of nitrogens with zero attached hydrogens (tertiary/aromatic N) is 1. The first-order valence-electron chi connectivity index (χ1n) is 9.36. The minimum Gasteiger partial charge on any atom is -0.508 e. The first-order chi connectivity index (χ1) is 12.7. The zero-order valence-electron chi connectivity index (χ0n) is 15.9. The second kappa shape index (κ2) is 13.6. The molecule has 27 heavy (non-hydrogen) atoms. The summed E-state index contributed by atoms with van der Waals surface area (Å²) in [5.74, 6) is 1.53. The van der Waals surface area contributed by atoms with Gasteiger partial charge in [-0.05, 0) is 56.4 Å². The molecule has 4 N–H and O–H groups in total. The van der Waals surface area contributed by atoms with Crippen LogP contribution in [0.5, 0.6) is 5.75 Å². The van der Waals surface area contributed by atoms with Gasteiger partial charge in [0.1, 0.15) is 5.75 Å². The molecule has 0 aromatic heterocycles. The van der Waals surface area contributed by atoms with Crippen LogP contribution in [-0.4, -0.2) is 56.4 Å². The van der Waals surface area contributed by atoms with E-state index in [0.29, 0.717) is 25.2 Å². The van der Waals surface area contributed by atoms with Crippen molar-refractivity contribution < 1.29 is 14.6 Å². The van der Waals surface area contributed by atoms with Crippen LogP contribution in [0.15, 0.2) is 29.3 Å². The van der Waals surface area contributed by atoms with Crippen molar-refractivity contribution in [1.29, 1.82) is 0 Å². The number of benzene rings is 1. The molecule has 152 valence electrons. The fourth-order valence-electron chi connectivity index (χ4n) is 2.31. The number of phenols is 1. The number of nitrogens with one attached hydrogen (secondary N) is 3. The maximum absolute atomic E-state index is 12.0. The molecule has 1 aliphatic rings. The highest BCUT2D eigenvalue weighted by atomic mass is 127. The standard InChI is InChI=1S/C19H30N4O3.HI/c1-2-20-19(22-10-3-13-26-14-15-4-5-15)23-12-11-21-18(25)16-6-8-17(24)9-7-16;/h6-9,15,24H,2-5,10-14H2,1H3,(H,21,25)(H2,20,22,23);1H. The fourth-order valence-corrected chi connectivity index (χ4v) is 2.31. The molecule has 0 atom stereocenters. The summed E-state index contributed by atoms with van der Waals surface area (Å²) in [6.45, 7) is 6.21. The lowest BCUT2D eigenvalue weighted by atomic mass is 10.2. The van der Waals surface area contributed by atoms with Gasteiger partial charge in [0.05, 0.1) is 0 Å². The Labute approximate surface area is 178 Å². The second-order valence-corrected chi connectivity index (χ2v) is 6.36. The average molecular weight is 490 g/mol. The highest BCUT2D eigenvalue weighted by molar-refractivity contribution is 14.0. The molecule has 1 aromatic carbocycles. The third-order valence-electron chi connectivity index (χ3n) is 3.94. The third-order valence-corrected chi connectivity index (χ3v) is 3.94. The molecule has 1 aromatic rings. The smallest absolute Gasteiger partial charge is 0.251 e. The number of phenolic OH excluding ortho intramolecular Hbond substituents is 1. The Balaban J connectivity index is 0.00000364. The lowest BCUT2D eigenvalue weighted by molar-refractivity contribution is 0.0954. The highest BCUT2D eigenvalue weighted by Gasteiger charge is 2.20. The molecule has 0 saturated heterocycles. The maximum atomic E-state index is 12.0. The van der Waals surface area contributed by atoms with Gasteiger partial charge in [0.25, 0.3) is 5.91 Å². The van der Waals surface area contributed by atoms with Gasteiger partial charge < -0.3 is 25.8 Å². The van der Waals surface area contributed by atoms with E-state index in [1.165, 1.54) is 25.0 Å². The molecule has 1 amide bonds. The molecular weight excluding hydrogens is 459 g/mol. The van der Waals surface area contributed by atoms with Crippen LogP contribution in [0.1, 0.15) is 36.5 Å². The second-order valence-electron chi connectivity index (χ2n) is 6.36. The van der Waals surface area contributed by atoms with Crippen molar-refractivity contribution in [2.75, 3.05) is 39.4 Å². The van der Waals surface area contributed by atoms with Gasteiger partial charge in [0, 0.05) is 45.0 Å². The summed E-state index contributed by atoms with van der Waals surface area (Å²) in [6, 6.07) is 6.18. The largest absolute Gasteiger partial charge is 0.508 e. The van der Waals surface area contributed by atoms with Crippen molar-refractivity contribution in [2.24, 2.45) is 10.9 Å². The monoisotopic (exact) mass is 490 g/mol. The molecule has 1 saturated carbocycles. The normalized spacial score (nSPS) is 13.6. The number of guanidine groups is 1. The van der Waals surface area contributed by atoms with E-state index < -0.39 is 0 Å². The lowest BCUT2D eigenvalue weighted by Crippen LogP contribution is -2.41. The highest BCUT2D eigenvalue weighted by Crippen LogP contribution is 2.28. The van der Waals surface area contributed by atoms with Crippen LogP contribution in [0.4, 0.5) is 0 Å². The van der Waals surface area contributed by atoms with Crippen molar-refractivity contribution in [1.82, 2.24) is 16.0 Å². The van der Waals surface area contributed by atoms with Gasteiger partial charge in [-0.1, -0.05) is 0 Å². The zero-order valence-corrected chi connectivity index (χ0v) is 18.2. The van der Waals surface area contributed by atoms with E-state index in [0.717, 1.165) is 38.1 Å². The van der Waals surface area contributed by atoms with Crippen LogP contribution in [0.25, 0.3) is 0 Å².